The number of nitrogens with zero attached hydrogens (tertiary/aromatic N) is 1. The van der Waals surface area contributed by atoms with Crippen LogP contribution in [-0.2, 0) is 0 Å². The molecule has 0 spiro atoms. The summed E-state index contributed by atoms with van der Waals surface area (Å²) in [6.45, 7) is 11.4. The fraction of sp³-hybridized carbons (Fsp3) is 0.625. The first-order chi connectivity index (χ1) is 8.44. The van der Waals surface area contributed by atoms with Crippen LogP contribution in [-0.4, -0.2) is 26.2 Å². The van der Waals surface area contributed by atoms with Gasteiger partial charge in [-0.1, -0.05) is 26.0 Å². The van der Waals surface area contributed by atoms with Crippen LogP contribution in [0, 0.1) is 19.3 Å². The van der Waals surface area contributed by atoms with Gasteiger partial charge < -0.3 is 10.2 Å². The van der Waals surface area contributed by atoms with E-state index in [4.69, 9.17) is 0 Å². The molecule has 1 saturated heterocycles. The molecule has 1 N–H and O–H groups in total. The van der Waals surface area contributed by atoms with E-state index in [-0.39, 0.29) is 0 Å². The van der Waals surface area contributed by atoms with E-state index in [1.807, 2.05) is 0 Å². The molecular weight excluding hydrogens is 220 g/mol. The molecule has 1 aliphatic heterocycles. The maximum atomic E-state index is 3.49. The van der Waals surface area contributed by atoms with Crippen molar-refractivity contribution in [2.45, 2.75) is 40.2 Å². The van der Waals surface area contributed by atoms with Gasteiger partial charge in [0.2, 0.25) is 0 Å². The lowest BCUT2D eigenvalue weighted by molar-refractivity contribution is 0.208. The molecule has 1 unspecified atom stereocenters. The van der Waals surface area contributed by atoms with Gasteiger partial charge in [0.25, 0.3) is 0 Å². The molecule has 1 aliphatic rings. The largest absolute Gasteiger partial charge is 0.370 e. The Kier molecular flexibility index (Phi) is 3.67. The van der Waals surface area contributed by atoms with Crippen molar-refractivity contribution >= 4 is 5.69 Å². The number of piperidine rings is 1. The summed E-state index contributed by atoms with van der Waals surface area (Å²) >= 11 is 0. The first kappa shape index (κ1) is 13.4. The number of hydrogen-bond acceptors (Lipinski definition) is 2. The van der Waals surface area contributed by atoms with E-state index in [2.05, 4.69) is 63.2 Å². The molecule has 1 heterocycles. The number of anilines is 1. The Morgan fingerprint density at radius 3 is 2.67 bits per heavy atom. The number of aryl methyl sites for hydroxylation is 2. The van der Waals surface area contributed by atoms with E-state index in [9.17, 15) is 0 Å². The van der Waals surface area contributed by atoms with Crippen molar-refractivity contribution in [3.8, 4) is 0 Å². The standard InChI is InChI=1S/C16H26N2/c1-12-6-7-13(2)14(10-12)18-9-8-16(3,4)15(11-18)17-5/h6-7,10,15,17H,8-9,11H2,1-5H3. The Labute approximate surface area is 111 Å². The zero-order valence-corrected chi connectivity index (χ0v) is 12.4. The van der Waals surface area contributed by atoms with Gasteiger partial charge in [-0.3, -0.25) is 0 Å². The van der Waals surface area contributed by atoms with Crippen LogP contribution in [0.1, 0.15) is 31.4 Å². The van der Waals surface area contributed by atoms with E-state index in [0.29, 0.717) is 11.5 Å². The van der Waals surface area contributed by atoms with E-state index in [0.717, 1.165) is 13.1 Å². The van der Waals surface area contributed by atoms with Gasteiger partial charge in [-0.2, -0.15) is 0 Å². The highest BCUT2D eigenvalue weighted by atomic mass is 15.2. The fourth-order valence-corrected chi connectivity index (χ4v) is 2.92. The Hall–Kier alpha value is -1.02. The summed E-state index contributed by atoms with van der Waals surface area (Å²) in [5.74, 6) is 0. The van der Waals surface area contributed by atoms with Crippen LogP contribution in [0.15, 0.2) is 18.2 Å². The van der Waals surface area contributed by atoms with Crippen molar-refractivity contribution in [1.82, 2.24) is 5.32 Å². The summed E-state index contributed by atoms with van der Waals surface area (Å²) < 4.78 is 0. The average Bonchev–Trinajstić information content (AvgIpc) is 2.32. The molecule has 2 heteroatoms. The number of likely N-dealkylation sites (N-methyl/N-ethyl adjacent to an activating group) is 1. The molecule has 100 valence electrons. The van der Waals surface area contributed by atoms with E-state index in [1.54, 1.807) is 0 Å². The van der Waals surface area contributed by atoms with Gasteiger partial charge in [0.05, 0.1) is 0 Å². The second-order valence-electron chi connectivity index (χ2n) is 6.32. The molecule has 0 saturated carbocycles. The van der Waals surface area contributed by atoms with Gasteiger partial charge in [0.15, 0.2) is 0 Å². The van der Waals surface area contributed by atoms with Crippen LogP contribution in [0.4, 0.5) is 5.69 Å². The fourth-order valence-electron chi connectivity index (χ4n) is 2.92. The summed E-state index contributed by atoms with van der Waals surface area (Å²) in [6.07, 6.45) is 1.24. The molecule has 2 nitrogen and oxygen atoms in total. The Bertz CT molecular complexity index is 423. The van der Waals surface area contributed by atoms with Crippen LogP contribution < -0.4 is 10.2 Å². The van der Waals surface area contributed by atoms with Crippen LogP contribution in [0.3, 0.4) is 0 Å². The smallest absolute Gasteiger partial charge is 0.0399 e. The van der Waals surface area contributed by atoms with Gasteiger partial charge in [0.1, 0.15) is 0 Å². The Morgan fingerprint density at radius 2 is 2.00 bits per heavy atom. The highest BCUT2D eigenvalue weighted by molar-refractivity contribution is 5.55. The predicted molar refractivity (Wildman–Crippen MR) is 79.4 cm³/mol. The second kappa shape index (κ2) is 4.93. The van der Waals surface area contributed by atoms with Gasteiger partial charge in [-0.25, -0.2) is 0 Å². The van der Waals surface area contributed by atoms with Gasteiger partial charge >= 0.3 is 0 Å². The first-order valence-corrected chi connectivity index (χ1v) is 6.93. The minimum Gasteiger partial charge on any atom is -0.370 e. The molecule has 1 aromatic carbocycles. The maximum absolute atomic E-state index is 3.49. The lowest BCUT2D eigenvalue weighted by Gasteiger charge is -2.45. The lowest BCUT2D eigenvalue weighted by atomic mass is 9.78. The molecule has 18 heavy (non-hydrogen) atoms. The van der Waals surface area contributed by atoms with E-state index >= 15 is 0 Å². The predicted octanol–water partition coefficient (Wildman–Crippen LogP) is 3.13. The monoisotopic (exact) mass is 246 g/mol. The normalized spacial score (nSPS) is 23.2. The van der Waals surface area contributed by atoms with Crippen molar-refractivity contribution in [3.05, 3.63) is 29.3 Å². The summed E-state index contributed by atoms with van der Waals surface area (Å²) in [7, 11) is 2.08. The van der Waals surface area contributed by atoms with Gasteiger partial charge in [-0.15, -0.1) is 0 Å². The van der Waals surface area contributed by atoms with E-state index < -0.39 is 0 Å². The third-order valence-corrected chi connectivity index (χ3v) is 4.43. The number of benzene rings is 1. The van der Waals surface area contributed by atoms with Crippen LogP contribution >= 0.6 is 0 Å². The molecule has 2 rings (SSSR count). The van der Waals surface area contributed by atoms with Crippen LogP contribution in [0.25, 0.3) is 0 Å². The van der Waals surface area contributed by atoms with Crippen LogP contribution in [0.5, 0.6) is 0 Å². The quantitative estimate of drug-likeness (QED) is 0.862. The minimum absolute atomic E-state index is 0.392. The van der Waals surface area contributed by atoms with Crippen molar-refractivity contribution in [1.29, 1.82) is 0 Å². The highest BCUT2D eigenvalue weighted by Crippen LogP contribution is 2.33. The molecule has 0 radical (unpaired) electrons. The number of nitrogens with one attached hydrogen (secondary N) is 1. The van der Waals surface area contributed by atoms with Gasteiger partial charge in [-0.05, 0) is 49.9 Å². The molecular formula is C16H26N2. The van der Waals surface area contributed by atoms with Crippen LogP contribution in [0.2, 0.25) is 0 Å². The van der Waals surface area contributed by atoms with Crippen molar-refractivity contribution < 1.29 is 0 Å². The highest BCUT2D eigenvalue weighted by Gasteiger charge is 2.34. The molecule has 0 amide bonds. The van der Waals surface area contributed by atoms with E-state index in [1.165, 1.54) is 23.2 Å². The third kappa shape index (κ3) is 2.54. The Morgan fingerprint density at radius 1 is 1.28 bits per heavy atom. The minimum atomic E-state index is 0.392. The zero-order valence-electron chi connectivity index (χ0n) is 12.4. The summed E-state index contributed by atoms with van der Waals surface area (Å²) in [5.41, 5.74) is 4.53. The molecule has 1 aromatic rings. The first-order valence-electron chi connectivity index (χ1n) is 6.93. The molecule has 1 atom stereocenters. The summed E-state index contributed by atoms with van der Waals surface area (Å²) in [4.78, 5) is 2.54. The topological polar surface area (TPSA) is 15.3 Å². The zero-order chi connectivity index (χ0) is 13.3. The maximum Gasteiger partial charge on any atom is 0.0399 e. The molecule has 0 bridgehead atoms. The molecule has 0 aromatic heterocycles. The Balaban J connectivity index is 2.23. The number of rotatable bonds is 2. The molecule has 0 aliphatic carbocycles. The van der Waals surface area contributed by atoms with Crippen molar-refractivity contribution in [3.63, 3.8) is 0 Å². The third-order valence-electron chi connectivity index (χ3n) is 4.43. The van der Waals surface area contributed by atoms with Crippen molar-refractivity contribution in [2.24, 2.45) is 5.41 Å². The lowest BCUT2D eigenvalue weighted by Crippen LogP contribution is -2.54. The summed E-state index contributed by atoms with van der Waals surface area (Å²) in [5, 5.41) is 3.49. The average molecular weight is 246 g/mol. The van der Waals surface area contributed by atoms with Gasteiger partial charge in [0, 0.05) is 24.8 Å². The number of hydrogen-bond donors (Lipinski definition) is 1. The SMILES string of the molecule is CNC1CN(c2cc(C)ccc2C)CCC1(C)C. The second-order valence-corrected chi connectivity index (χ2v) is 6.32. The summed E-state index contributed by atoms with van der Waals surface area (Å²) in [6, 6.07) is 7.31. The molecule has 1 fully saturated rings. The van der Waals surface area contributed by atoms with Crippen molar-refractivity contribution in [2.75, 3.05) is 25.0 Å².